The molecular weight excluding hydrogens is 256 g/mol. The number of ether oxygens (including phenoxy) is 1. The molecule has 102 valence electrons. The lowest BCUT2D eigenvalue weighted by Gasteiger charge is -2.05. The summed E-state index contributed by atoms with van der Waals surface area (Å²) in [4.78, 5) is 27.3. The van der Waals surface area contributed by atoms with Crippen LogP contribution in [0.4, 0.5) is 0 Å². The molecule has 0 spiro atoms. The Hall–Kier alpha value is -2.69. The summed E-state index contributed by atoms with van der Waals surface area (Å²) in [5, 5.41) is 2.75. The number of pyridine rings is 1. The lowest BCUT2D eigenvalue weighted by Crippen LogP contribution is -2.24. The maximum absolute atomic E-state index is 12.0. The van der Waals surface area contributed by atoms with E-state index < -0.39 is 5.97 Å². The van der Waals surface area contributed by atoms with Crippen LogP contribution in [0.1, 0.15) is 26.5 Å². The molecule has 0 aliphatic rings. The molecule has 1 amide bonds. The highest BCUT2D eigenvalue weighted by Gasteiger charge is 2.12. The molecule has 1 aromatic heterocycles. The maximum atomic E-state index is 12.0. The molecule has 1 aromatic carbocycles. The standard InChI is InChI=1S/C15H14N2O3/c1-20-15(19)13-9-5-8-12(17-13)14(18)16-10-11-6-3-2-4-7-11/h2-9H,10H2,1H3,(H,16,18). The third-order valence-corrected chi connectivity index (χ3v) is 2.67. The molecule has 0 saturated heterocycles. The minimum absolute atomic E-state index is 0.111. The van der Waals surface area contributed by atoms with Gasteiger partial charge >= 0.3 is 5.97 Å². The van der Waals surface area contributed by atoms with Crippen molar-refractivity contribution < 1.29 is 14.3 Å². The van der Waals surface area contributed by atoms with E-state index in [-0.39, 0.29) is 17.3 Å². The highest BCUT2D eigenvalue weighted by molar-refractivity contribution is 5.94. The minimum atomic E-state index is -0.567. The number of methoxy groups -OCH3 is 1. The van der Waals surface area contributed by atoms with Crippen molar-refractivity contribution in [3.63, 3.8) is 0 Å². The van der Waals surface area contributed by atoms with Gasteiger partial charge in [-0.2, -0.15) is 0 Å². The number of rotatable bonds is 4. The fourth-order valence-corrected chi connectivity index (χ4v) is 1.65. The van der Waals surface area contributed by atoms with Crippen molar-refractivity contribution in [1.82, 2.24) is 10.3 Å². The first-order chi connectivity index (χ1) is 9.70. The van der Waals surface area contributed by atoms with Crippen molar-refractivity contribution in [2.75, 3.05) is 7.11 Å². The summed E-state index contributed by atoms with van der Waals surface area (Å²) in [5.41, 5.74) is 1.29. The molecule has 0 unspecified atom stereocenters. The smallest absolute Gasteiger partial charge is 0.356 e. The Labute approximate surface area is 116 Å². The van der Waals surface area contributed by atoms with E-state index in [1.165, 1.54) is 13.2 Å². The van der Waals surface area contributed by atoms with Crippen molar-refractivity contribution in [2.24, 2.45) is 0 Å². The zero-order valence-corrected chi connectivity index (χ0v) is 11.0. The van der Waals surface area contributed by atoms with Gasteiger partial charge in [-0.1, -0.05) is 36.4 Å². The van der Waals surface area contributed by atoms with Crippen molar-refractivity contribution in [1.29, 1.82) is 0 Å². The van der Waals surface area contributed by atoms with Crippen LogP contribution in [0.2, 0.25) is 0 Å². The Kier molecular flexibility index (Phi) is 4.44. The van der Waals surface area contributed by atoms with Gasteiger partial charge < -0.3 is 10.1 Å². The summed E-state index contributed by atoms with van der Waals surface area (Å²) in [7, 11) is 1.27. The molecule has 1 heterocycles. The Bertz CT molecular complexity index is 612. The number of hydrogen-bond donors (Lipinski definition) is 1. The number of carbonyl (C=O) groups excluding carboxylic acids is 2. The van der Waals surface area contributed by atoms with Crippen LogP contribution in [-0.4, -0.2) is 24.0 Å². The third kappa shape index (κ3) is 3.41. The third-order valence-electron chi connectivity index (χ3n) is 2.67. The molecule has 0 aliphatic heterocycles. The predicted octanol–water partition coefficient (Wildman–Crippen LogP) is 1.80. The molecule has 5 heteroatoms. The number of esters is 1. The van der Waals surface area contributed by atoms with Crippen molar-refractivity contribution in [3.05, 3.63) is 65.5 Å². The number of hydrogen-bond acceptors (Lipinski definition) is 4. The first kappa shape index (κ1) is 13.7. The molecule has 0 saturated carbocycles. The van der Waals surface area contributed by atoms with E-state index in [9.17, 15) is 9.59 Å². The molecule has 20 heavy (non-hydrogen) atoms. The molecule has 0 radical (unpaired) electrons. The van der Waals surface area contributed by atoms with Gasteiger partial charge in [0.05, 0.1) is 7.11 Å². The average molecular weight is 270 g/mol. The van der Waals surface area contributed by atoms with Crippen molar-refractivity contribution >= 4 is 11.9 Å². The summed E-state index contributed by atoms with van der Waals surface area (Å²) >= 11 is 0. The summed E-state index contributed by atoms with van der Waals surface area (Å²) < 4.78 is 4.57. The quantitative estimate of drug-likeness (QED) is 0.860. The molecule has 2 aromatic rings. The van der Waals surface area contributed by atoms with Gasteiger partial charge in [-0.3, -0.25) is 4.79 Å². The van der Waals surface area contributed by atoms with E-state index in [0.29, 0.717) is 6.54 Å². The first-order valence-corrected chi connectivity index (χ1v) is 6.08. The largest absolute Gasteiger partial charge is 0.464 e. The lowest BCUT2D eigenvalue weighted by molar-refractivity contribution is 0.0594. The Balaban J connectivity index is 2.04. The first-order valence-electron chi connectivity index (χ1n) is 6.08. The van der Waals surface area contributed by atoms with E-state index >= 15 is 0 Å². The van der Waals surface area contributed by atoms with Gasteiger partial charge in [0, 0.05) is 6.54 Å². The number of benzene rings is 1. The van der Waals surface area contributed by atoms with E-state index in [1.807, 2.05) is 30.3 Å². The second-order valence-electron chi connectivity index (χ2n) is 4.07. The predicted molar refractivity (Wildman–Crippen MR) is 73.2 cm³/mol. The lowest BCUT2D eigenvalue weighted by atomic mass is 10.2. The molecule has 0 atom stereocenters. The number of nitrogens with zero attached hydrogens (tertiary/aromatic N) is 1. The second kappa shape index (κ2) is 6.47. The molecule has 1 N–H and O–H groups in total. The van der Waals surface area contributed by atoms with Crippen molar-refractivity contribution in [3.8, 4) is 0 Å². The second-order valence-corrected chi connectivity index (χ2v) is 4.07. The van der Waals surface area contributed by atoms with Crippen LogP contribution >= 0.6 is 0 Å². The minimum Gasteiger partial charge on any atom is -0.464 e. The Morgan fingerprint density at radius 1 is 1.05 bits per heavy atom. The topological polar surface area (TPSA) is 68.3 Å². The van der Waals surface area contributed by atoms with Gasteiger partial charge in [0.2, 0.25) is 0 Å². The van der Waals surface area contributed by atoms with Gasteiger partial charge in [-0.15, -0.1) is 0 Å². The molecule has 5 nitrogen and oxygen atoms in total. The number of nitrogens with one attached hydrogen (secondary N) is 1. The number of amides is 1. The van der Waals surface area contributed by atoms with Gasteiger partial charge in [0.15, 0.2) is 0 Å². The fourth-order valence-electron chi connectivity index (χ4n) is 1.65. The van der Waals surface area contributed by atoms with E-state index in [4.69, 9.17) is 0 Å². The van der Waals surface area contributed by atoms with Crippen LogP contribution in [0.3, 0.4) is 0 Å². The Morgan fingerprint density at radius 3 is 2.45 bits per heavy atom. The van der Waals surface area contributed by atoms with E-state index in [1.54, 1.807) is 12.1 Å². The summed E-state index contributed by atoms with van der Waals surface area (Å²) in [6, 6.07) is 14.2. The SMILES string of the molecule is COC(=O)c1cccc(C(=O)NCc2ccccc2)n1. The van der Waals surface area contributed by atoms with Gasteiger partial charge in [0.25, 0.3) is 5.91 Å². The van der Waals surface area contributed by atoms with Crippen molar-refractivity contribution in [2.45, 2.75) is 6.54 Å². The zero-order chi connectivity index (χ0) is 14.4. The molecule has 0 bridgehead atoms. The van der Waals surface area contributed by atoms with Gasteiger partial charge in [-0.25, -0.2) is 9.78 Å². The van der Waals surface area contributed by atoms with Crippen LogP contribution in [0, 0.1) is 0 Å². The molecule has 0 aliphatic carbocycles. The average Bonchev–Trinajstić information content (AvgIpc) is 2.53. The number of aromatic nitrogens is 1. The van der Waals surface area contributed by atoms with E-state index in [2.05, 4.69) is 15.0 Å². The zero-order valence-electron chi connectivity index (χ0n) is 11.0. The van der Waals surface area contributed by atoms with Crippen LogP contribution in [0.5, 0.6) is 0 Å². The summed E-state index contributed by atoms with van der Waals surface area (Å²) in [5.74, 6) is -0.901. The molecule has 2 rings (SSSR count). The molecule has 0 fully saturated rings. The highest BCUT2D eigenvalue weighted by Crippen LogP contribution is 2.03. The monoisotopic (exact) mass is 270 g/mol. The maximum Gasteiger partial charge on any atom is 0.356 e. The summed E-state index contributed by atoms with van der Waals surface area (Å²) in [6.45, 7) is 0.407. The van der Waals surface area contributed by atoms with Gasteiger partial charge in [0.1, 0.15) is 11.4 Å². The highest BCUT2D eigenvalue weighted by atomic mass is 16.5. The van der Waals surface area contributed by atoms with Crippen LogP contribution in [0.15, 0.2) is 48.5 Å². The van der Waals surface area contributed by atoms with Crippen LogP contribution < -0.4 is 5.32 Å². The number of carbonyl (C=O) groups is 2. The Morgan fingerprint density at radius 2 is 1.75 bits per heavy atom. The normalized spacial score (nSPS) is 9.85. The van der Waals surface area contributed by atoms with Crippen LogP contribution in [-0.2, 0) is 11.3 Å². The summed E-state index contributed by atoms with van der Waals surface area (Å²) in [6.07, 6.45) is 0. The molecular formula is C15H14N2O3. The van der Waals surface area contributed by atoms with Gasteiger partial charge in [-0.05, 0) is 17.7 Å². The van der Waals surface area contributed by atoms with Crippen LogP contribution in [0.25, 0.3) is 0 Å². The fraction of sp³-hybridized carbons (Fsp3) is 0.133. The van der Waals surface area contributed by atoms with E-state index in [0.717, 1.165) is 5.56 Å².